The highest BCUT2D eigenvalue weighted by atomic mass is 16.7. The first-order valence-electron chi connectivity index (χ1n) is 32.2. The van der Waals surface area contributed by atoms with Crippen molar-refractivity contribution >= 4 is 5.91 Å². The van der Waals surface area contributed by atoms with Gasteiger partial charge in [0.15, 0.2) is 6.29 Å². The average Bonchev–Trinajstić information content (AvgIpc) is 3.40. The van der Waals surface area contributed by atoms with Crippen LogP contribution < -0.4 is 5.32 Å². The molecular weight excluding hydrogens is 923 g/mol. The monoisotopic (exact) mass is 1050 g/mol. The molecule has 6 N–H and O–H groups in total. The van der Waals surface area contributed by atoms with E-state index >= 15 is 0 Å². The van der Waals surface area contributed by atoms with Crippen molar-refractivity contribution in [2.75, 3.05) is 13.2 Å². The summed E-state index contributed by atoms with van der Waals surface area (Å²) in [6.45, 7) is 3.82. The molecule has 0 aliphatic carbocycles. The quantitative estimate of drug-likeness (QED) is 0.0261. The van der Waals surface area contributed by atoms with Crippen molar-refractivity contribution in [3.8, 4) is 0 Å². The van der Waals surface area contributed by atoms with Gasteiger partial charge in [0.25, 0.3) is 0 Å². The van der Waals surface area contributed by atoms with Gasteiger partial charge in [0.2, 0.25) is 5.91 Å². The molecule has 0 saturated carbocycles. The number of nitrogens with one attached hydrogen (secondary N) is 1. The zero-order valence-electron chi connectivity index (χ0n) is 48.6. The first-order valence-corrected chi connectivity index (χ1v) is 32.2. The molecular formula is C65H123NO8. The predicted octanol–water partition coefficient (Wildman–Crippen LogP) is 16.7. The Kier molecular flexibility index (Phi) is 52.1. The van der Waals surface area contributed by atoms with Crippen LogP contribution in [0.4, 0.5) is 0 Å². The molecule has 7 unspecified atom stereocenters. The molecule has 1 aliphatic rings. The number of unbranched alkanes of at least 4 members (excludes halogenated alkanes) is 42. The van der Waals surface area contributed by atoms with Crippen LogP contribution in [0.2, 0.25) is 0 Å². The summed E-state index contributed by atoms with van der Waals surface area (Å²) in [5.74, 6) is -0.175. The van der Waals surface area contributed by atoms with Crippen molar-refractivity contribution < 1.29 is 39.8 Å². The highest BCUT2D eigenvalue weighted by Crippen LogP contribution is 2.23. The second kappa shape index (κ2) is 54.8. The summed E-state index contributed by atoms with van der Waals surface area (Å²) in [6, 6.07) is -0.807. The largest absolute Gasteiger partial charge is 0.394 e. The minimum atomic E-state index is -1.57. The fraction of sp³-hybridized carbons (Fsp3) is 0.892. The molecule has 0 aromatic rings. The van der Waals surface area contributed by atoms with Gasteiger partial charge in [0, 0.05) is 6.42 Å². The van der Waals surface area contributed by atoms with E-state index in [4.69, 9.17) is 9.47 Å². The van der Waals surface area contributed by atoms with Gasteiger partial charge in [0.05, 0.1) is 25.4 Å². The number of aliphatic hydroxyl groups excluding tert-OH is 5. The van der Waals surface area contributed by atoms with Crippen LogP contribution in [0.25, 0.3) is 0 Å². The van der Waals surface area contributed by atoms with Gasteiger partial charge in [-0.3, -0.25) is 4.79 Å². The van der Waals surface area contributed by atoms with E-state index in [9.17, 15) is 30.3 Å². The molecule has 1 amide bonds. The number of rotatable bonds is 56. The number of ether oxygens (including phenoxy) is 2. The van der Waals surface area contributed by atoms with E-state index in [0.29, 0.717) is 6.42 Å². The molecule has 436 valence electrons. The molecule has 0 spiro atoms. The van der Waals surface area contributed by atoms with Crippen molar-refractivity contribution in [2.24, 2.45) is 0 Å². The van der Waals surface area contributed by atoms with Gasteiger partial charge in [-0.25, -0.2) is 0 Å². The third-order valence-corrected chi connectivity index (χ3v) is 15.5. The zero-order chi connectivity index (χ0) is 53.6. The summed E-state index contributed by atoms with van der Waals surface area (Å²) in [6.07, 6.45) is 65.1. The SMILES string of the molecule is CCCCCCCCCCC/C=C\C/C=C\CCCCCCCCCCCCCC(=O)NC(COC1OC(CO)C(O)C(O)C1O)C(O)/C=C/CCCCCCCCCCCCCCCCCCCCCCCC. The highest BCUT2D eigenvalue weighted by molar-refractivity contribution is 5.76. The van der Waals surface area contributed by atoms with Crippen molar-refractivity contribution in [3.05, 3.63) is 36.5 Å². The van der Waals surface area contributed by atoms with E-state index in [0.717, 1.165) is 44.9 Å². The van der Waals surface area contributed by atoms with Gasteiger partial charge in [-0.15, -0.1) is 0 Å². The number of carbonyl (C=O) groups excluding carboxylic acids is 1. The second-order valence-electron chi connectivity index (χ2n) is 22.6. The minimum Gasteiger partial charge on any atom is -0.394 e. The normalized spacial score (nSPS) is 19.1. The summed E-state index contributed by atoms with van der Waals surface area (Å²) >= 11 is 0. The smallest absolute Gasteiger partial charge is 0.220 e. The van der Waals surface area contributed by atoms with Crippen molar-refractivity contribution in [1.29, 1.82) is 0 Å². The third kappa shape index (κ3) is 43.4. The molecule has 7 atom stereocenters. The lowest BCUT2D eigenvalue weighted by Gasteiger charge is -2.40. The lowest BCUT2D eigenvalue weighted by molar-refractivity contribution is -0.302. The molecule has 0 radical (unpaired) electrons. The molecule has 0 bridgehead atoms. The molecule has 0 aromatic carbocycles. The second-order valence-corrected chi connectivity index (χ2v) is 22.6. The van der Waals surface area contributed by atoms with Gasteiger partial charge in [-0.2, -0.15) is 0 Å². The van der Waals surface area contributed by atoms with Crippen LogP contribution >= 0.6 is 0 Å². The third-order valence-electron chi connectivity index (χ3n) is 15.5. The lowest BCUT2D eigenvalue weighted by atomic mass is 9.99. The molecule has 1 saturated heterocycles. The maximum Gasteiger partial charge on any atom is 0.220 e. The van der Waals surface area contributed by atoms with Crippen LogP contribution in [-0.4, -0.2) is 87.5 Å². The molecule has 1 heterocycles. The molecule has 1 aliphatic heterocycles. The van der Waals surface area contributed by atoms with Crippen LogP contribution in [0.1, 0.15) is 316 Å². The van der Waals surface area contributed by atoms with Gasteiger partial charge >= 0.3 is 0 Å². The molecule has 9 heteroatoms. The fourth-order valence-electron chi connectivity index (χ4n) is 10.4. The summed E-state index contributed by atoms with van der Waals surface area (Å²) < 4.78 is 11.3. The standard InChI is InChI=1S/C65H123NO8/c1-3-5-7-9-11-13-15-17-19-21-23-25-27-29-30-31-33-35-37-39-41-43-45-47-49-51-53-55-61(69)66-58(57-73-65-64(72)63(71)62(70)60(56-67)74-65)59(68)54-52-50-48-46-44-42-40-38-36-34-32-28-26-24-22-20-18-16-14-12-10-8-6-4-2/h23,25,29-30,52,54,58-60,62-65,67-68,70-72H,3-22,24,26-28,31-51,53,55-57H2,1-2H3,(H,66,69)/b25-23-,30-29-,54-52+. The highest BCUT2D eigenvalue weighted by Gasteiger charge is 2.44. The zero-order valence-corrected chi connectivity index (χ0v) is 48.6. The number of amides is 1. The first-order chi connectivity index (χ1) is 36.3. The van der Waals surface area contributed by atoms with E-state index in [2.05, 4.69) is 43.5 Å². The van der Waals surface area contributed by atoms with Crippen LogP contribution in [0.3, 0.4) is 0 Å². The molecule has 9 nitrogen and oxygen atoms in total. The number of aliphatic hydroxyl groups is 5. The Bertz CT molecular complexity index is 1260. The number of carbonyl (C=O) groups is 1. The maximum atomic E-state index is 13.1. The Labute approximate surface area is 457 Å². The summed E-state index contributed by atoms with van der Waals surface area (Å²) in [5.41, 5.74) is 0. The van der Waals surface area contributed by atoms with Crippen LogP contribution in [0, 0.1) is 0 Å². The van der Waals surface area contributed by atoms with Crippen molar-refractivity contribution in [2.45, 2.75) is 358 Å². The van der Waals surface area contributed by atoms with Crippen LogP contribution in [0.5, 0.6) is 0 Å². The van der Waals surface area contributed by atoms with E-state index in [-0.39, 0.29) is 12.5 Å². The average molecular weight is 1050 g/mol. The van der Waals surface area contributed by atoms with Crippen LogP contribution in [0.15, 0.2) is 36.5 Å². The van der Waals surface area contributed by atoms with Crippen molar-refractivity contribution in [1.82, 2.24) is 5.32 Å². The maximum absolute atomic E-state index is 13.1. The number of hydrogen-bond acceptors (Lipinski definition) is 8. The minimum absolute atomic E-state index is 0.175. The van der Waals surface area contributed by atoms with E-state index in [1.54, 1.807) is 6.08 Å². The lowest BCUT2D eigenvalue weighted by Crippen LogP contribution is -2.60. The summed E-state index contributed by atoms with van der Waals surface area (Å²) in [4.78, 5) is 13.1. The number of allylic oxidation sites excluding steroid dienone is 5. The first kappa shape index (κ1) is 70.4. The van der Waals surface area contributed by atoms with Crippen molar-refractivity contribution in [3.63, 3.8) is 0 Å². The van der Waals surface area contributed by atoms with Gasteiger partial charge in [-0.05, 0) is 51.4 Å². The fourth-order valence-corrected chi connectivity index (χ4v) is 10.4. The Morgan fingerprint density at radius 3 is 1.16 bits per heavy atom. The molecule has 0 aromatic heterocycles. The Morgan fingerprint density at radius 1 is 0.459 bits per heavy atom. The van der Waals surface area contributed by atoms with Gasteiger partial charge < -0.3 is 40.3 Å². The Morgan fingerprint density at radius 2 is 0.797 bits per heavy atom. The van der Waals surface area contributed by atoms with Gasteiger partial charge in [-0.1, -0.05) is 294 Å². The van der Waals surface area contributed by atoms with Gasteiger partial charge in [0.1, 0.15) is 24.4 Å². The summed E-state index contributed by atoms with van der Waals surface area (Å²) in [5, 5.41) is 54.7. The topological polar surface area (TPSA) is 149 Å². The summed E-state index contributed by atoms with van der Waals surface area (Å²) in [7, 11) is 0. The van der Waals surface area contributed by atoms with E-state index < -0.39 is 49.5 Å². The molecule has 74 heavy (non-hydrogen) atoms. The Hall–Kier alpha value is -1.59. The molecule has 1 rings (SSSR count). The number of hydrogen-bond donors (Lipinski definition) is 6. The predicted molar refractivity (Wildman–Crippen MR) is 313 cm³/mol. The van der Waals surface area contributed by atoms with E-state index in [1.807, 2.05) is 6.08 Å². The Balaban J connectivity index is 2.18. The molecule has 1 fully saturated rings. The van der Waals surface area contributed by atoms with E-state index in [1.165, 1.54) is 250 Å². The van der Waals surface area contributed by atoms with Crippen LogP contribution in [-0.2, 0) is 14.3 Å².